The molecule has 29 heavy (non-hydrogen) atoms. The van der Waals surface area contributed by atoms with Gasteiger partial charge in [-0.3, -0.25) is 10.1 Å². The molecule has 3 aromatic rings. The van der Waals surface area contributed by atoms with Crippen molar-refractivity contribution in [3.8, 4) is 0 Å². The van der Waals surface area contributed by atoms with Gasteiger partial charge in [-0.15, -0.1) is 0 Å². The first-order valence-corrected chi connectivity index (χ1v) is 10.4. The van der Waals surface area contributed by atoms with E-state index in [-0.39, 0.29) is 17.7 Å². The SMILES string of the molecule is Cc1ccc(CS(=O)(=O)N[C@@H](Cc2coc3ccccc23)B(O)O)cc1[N+](=O)[O-]. The number of sulfonamides is 1. The second-order valence-electron chi connectivity index (χ2n) is 6.74. The van der Waals surface area contributed by atoms with E-state index in [0.29, 0.717) is 16.7 Å². The van der Waals surface area contributed by atoms with Crippen LogP contribution in [0.4, 0.5) is 5.69 Å². The monoisotopic (exact) mass is 418 g/mol. The summed E-state index contributed by atoms with van der Waals surface area (Å²) >= 11 is 0. The van der Waals surface area contributed by atoms with E-state index in [1.54, 1.807) is 31.2 Å². The molecule has 3 rings (SSSR count). The van der Waals surface area contributed by atoms with Crippen LogP contribution < -0.4 is 4.72 Å². The van der Waals surface area contributed by atoms with Gasteiger partial charge in [-0.25, -0.2) is 13.1 Å². The van der Waals surface area contributed by atoms with Crippen LogP contribution in [0, 0.1) is 17.0 Å². The first-order chi connectivity index (χ1) is 13.7. The molecule has 2 aromatic carbocycles. The summed E-state index contributed by atoms with van der Waals surface area (Å²) in [6, 6.07) is 11.3. The molecule has 1 heterocycles. The molecule has 0 aliphatic rings. The molecule has 0 aliphatic heterocycles. The number of hydrogen-bond donors (Lipinski definition) is 3. The third-order valence-corrected chi connectivity index (χ3v) is 5.89. The molecule has 9 nitrogen and oxygen atoms in total. The first-order valence-electron chi connectivity index (χ1n) is 8.71. The highest BCUT2D eigenvalue weighted by Crippen LogP contribution is 2.23. The van der Waals surface area contributed by atoms with Crippen molar-refractivity contribution in [2.24, 2.45) is 0 Å². The normalized spacial score (nSPS) is 12.8. The second kappa shape index (κ2) is 8.33. The van der Waals surface area contributed by atoms with Crippen LogP contribution >= 0.6 is 0 Å². The van der Waals surface area contributed by atoms with E-state index >= 15 is 0 Å². The number of para-hydroxylation sites is 1. The van der Waals surface area contributed by atoms with E-state index in [9.17, 15) is 28.6 Å². The Bertz CT molecular complexity index is 1140. The van der Waals surface area contributed by atoms with Gasteiger partial charge in [-0.2, -0.15) is 0 Å². The van der Waals surface area contributed by atoms with Crippen LogP contribution in [0.1, 0.15) is 16.7 Å². The molecule has 0 saturated heterocycles. The molecule has 11 heteroatoms. The summed E-state index contributed by atoms with van der Waals surface area (Å²) in [4.78, 5) is 10.5. The average molecular weight is 418 g/mol. The Labute approximate surface area is 167 Å². The van der Waals surface area contributed by atoms with Crippen molar-refractivity contribution in [2.45, 2.75) is 25.0 Å². The third kappa shape index (κ3) is 5.01. The third-order valence-electron chi connectivity index (χ3n) is 4.52. The van der Waals surface area contributed by atoms with E-state index in [1.807, 2.05) is 0 Å². The number of furan rings is 1. The van der Waals surface area contributed by atoms with Crippen molar-refractivity contribution in [1.82, 2.24) is 4.72 Å². The lowest BCUT2D eigenvalue weighted by molar-refractivity contribution is -0.385. The molecule has 0 saturated carbocycles. The second-order valence-corrected chi connectivity index (χ2v) is 8.49. The lowest BCUT2D eigenvalue weighted by Crippen LogP contribution is -2.48. The number of rotatable bonds is 8. The van der Waals surface area contributed by atoms with E-state index in [1.165, 1.54) is 24.5 Å². The zero-order valence-electron chi connectivity index (χ0n) is 15.5. The lowest BCUT2D eigenvalue weighted by atomic mass is 9.77. The van der Waals surface area contributed by atoms with Gasteiger partial charge in [-0.05, 0) is 30.5 Å². The van der Waals surface area contributed by atoms with Crippen molar-refractivity contribution in [2.75, 3.05) is 0 Å². The number of nitrogens with one attached hydrogen (secondary N) is 1. The van der Waals surface area contributed by atoms with Gasteiger partial charge in [0, 0.05) is 17.0 Å². The fourth-order valence-corrected chi connectivity index (χ4v) is 4.44. The molecule has 1 aromatic heterocycles. The molecule has 0 amide bonds. The molecule has 0 radical (unpaired) electrons. The number of nitrogens with zero attached hydrogens (tertiary/aromatic N) is 1. The average Bonchev–Trinajstić information content (AvgIpc) is 3.05. The molecule has 0 spiro atoms. The maximum Gasteiger partial charge on any atom is 0.471 e. The Morgan fingerprint density at radius 3 is 2.66 bits per heavy atom. The quantitative estimate of drug-likeness (QED) is 0.287. The summed E-state index contributed by atoms with van der Waals surface area (Å²) in [7, 11) is -5.97. The van der Waals surface area contributed by atoms with Crippen molar-refractivity contribution in [3.05, 3.63) is 75.5 Å². The van der Waals surface area contributed by atoms with Gasteiger partial charge in [0.1, 0.15) is 5.58 Å². The van der Waals surface area contributed by atoms with Crippen molar-refractivity contribution < 1.29 is 27.8 Å². The zero-order valence-corrected chi connectivity index (χ0v) is 16.3. The molecule has 1 atom stereocenters. The maximum atomic E-state index is 12.5. The topological polar surface area (TPSA) is 143 Å². The van der Waals surface area contributed by atoms with Gasteiger partial charge in [0.05, 0.1) is 22.9 Å². The number of benzene rings is 2. The Morgan fingerprint density at radius 1 is 1.24 bits per heavy atom. The van der Waals surface area contributed by atoms with Gasteiger partial charge >= 0.3 is 7.12 Å². The van der Waals surface area contributed by atoms with Crippen molar-refractivity contribution in [3.63, 3.8) is 0 Å². The van der Waals surface area contributed by atoms with Crippen molar-refractivity contribution in [1.29, 1.82) is 0 Å². The largest absolute Gasteiger partial charge is 0.471 e. The smallest absolute Gasteiger partial charge is 0.464 e. The van der Waals surface area contributed by atoms with Gasteiger partial charge in [0.2, 0.25) is 10.0 Å². The Morgan fingerprint density at radius 2 is 1.97 bits per heavy atom. The highest BCUT2D eigenvalue weighted by Gasteiger charge is 2.30. The van der Waals surface area contributed by atoms with Crippen LogP contribution in [0.2, 0.25) is 0 Å². The maximum absolute atomic E-state index is 12.5. The molecule has 152 valence electrons. The van der Waals surface area contributed by atoms with E-state index in [2.05, 4.69) is 4.72 Å². The predicted octanol–water partition coefficient (Wildman–Crippen LogP) is 1.69. The van der Waals surface area contributed by atoms with Crippen LogP contribution in [-0.2, 0) is 22.2 Å². The van der Waals surface area contributed by atoms with E-state index in [0.717, 1.165) is 5.39 Å². The summed E-state index contributed by atoms with van der Waals surface area (Å²) in [5.41, 5.74) is 1.67. The molecule has 0 fully saturated rings. The fraction of sp³-hybridized carbons (Fsp3) is 0.222. The fourth-order valence-electron chi connectivity index (χ4n) is 3.07. The standard InChI is InChI=1S/C18H19BN2O7S/c1-12-6-7-13(8-16(12)21(24)25)11-29(26,27)20-18(19(22)23)9-14-10-28-17-5-3-2-4-15(14)17/h2-8,10,18,20,22-23H,9,11H2,1H3/t18-/m0/s1. The summed E-state index contributed by atoms with van der Waals surface area (Å²) in [6.45, 7) is 1.56. The summed E-state index contributed by atoms with van der Waals surface area (Å²) in [5.74, 6) is -1.76. The Hall–Kier alpha value is -2.73. The van der Waals surface area contributed by atoms with E-state index in [4.69, 9.17) is 4.42 Å². The highest BCUT2D eigenvalue weighted by atomic mass is 32.2. The van der Waals surface area contributed by atoms with Gasteiger partial charge in [-0.1, -0.05) is 30.3 Å². The van der Waals surface area contributed by atoms with Crippen LogP contribution in [-0.4, -0.2) is 36.4 Å². The summed E-state index contributed by atoms with van der Waals surface area (Å²) in [6.07, 6.45) is 1.43. The molecule has 0 aliphatic carbocycles. The van der Waals surface area contributed by atoms with E-state index < -0.39 is 33.8 Å². The number of fused-ring (bicyclic) bond motifs is 1. The Kier molecular flexibility index (Phi) is 6.03. The highest BCUT2D eigenvalue weighted by molar-refractivity contribution is 7.88. The van der Waals surface area contributed by atoms with Crippen LogP contribution in [0.3, 0.4) is 0 Å². The zero-order chi connectivity index (χ0) is 21.2. The number of hydrogen-bond acceptors (Lipinski definition) is 7. The molecule has 0 unspecified atom stereocenters. The molecule has 3 N–H and O–H groups in total. The Balaban J connectivity index is 1.79. The van der Waals surface area contributed by atoms with Crippen molar-refractivity contribution >= 4 is 33.8 Å². The summed E-state index contributed by atoms with van der Waals surface area (Å²) < 4.78 is 32.8. The van der Waals surface area contributed by atoms with Crippen LogP contribution in [0.15, 0.2) is 53.1 Å². The first kappa shape index (κ1) is 21.0. The molecular weight excluding hydrogens is 399 g/mol. The molecular formula is C18H19BN2O7S. The van der Waals surface area contributed by atoms with Crippen LogP contribution in [0.25, 0.3) is 11.0 Å². The number of nitro groups is 1. The van der Waals surface area contributed by atoms with Gasteiger partial charge in [0.15, 0.2) is 0 Å². The minimum Gasteiger partial charge on any atom is -0.464 e. The van der Waals surface area contributed by atoms with Crippen LogP contribution in [0.5, 0.6) is 0 Å². The molecule has 0 bridgehead atoms. The van der Waals surface area contributed by atoms with Gasteiger partial charge in [0.25, 0.3) is 5.69 Å². The van der Waals surface area contributed by atoms with Gasteiger partial charge < -0.3 is 14.5 Å². The predicted molar refractivity (Wildman–Crippen MR) is 107 cm³/mol. The number of aryl methyl sites for hydroxylation is 1. The minimum absolute atomic E-state index is 0.0119. The lowest BCUT2D eigenvalue weighted by Gasteiger charge is -2.17. The number of nitro benzene ring substituents is 1. The summed E-state index contributed by atoms with van der Waals surface area (Å²) in [5, 5.41) is 31.1. The minimum atomic E-state index is -4.01.